The molecule has 0 aromatic rings. The molecule has 0 spiro atoms. The molecule has 1 aliphatic rings. The second-order valence-electron chi connectivity index (χ2n) is 3.27. The minimum absolute atomic E-state index is 0. The Labute approximate surface area is 69.2 Å². The zero-order valence-electron chi connectivity index (χ0n) is 7.26. The third kappa shape index (κ3) is 2.50. The average molecular weight is 158 g/mol. The van der Waals surface area contributed by atoms with E-state index in [4.69, 9.17) is 0 Å². The lowest BCUT2D eigenvalue weighted by molar-refractivity contribution is -0.133. The smallest absolute Gasteiger partial charge is 0.236 e. The lowest BCUT2D eigenvalue weighted by Gasteiger charge is -2.31. The van der Waals surface area contributed by atoms with Crippen LogP contribution in [-0.2, 0) is 4.79 Å². The first-order chi connectivity index (χ1) is 5.20. The van der Waals surface area contributed by atoms with Crippen LogP contribution in [0.3, 0.4) is 0 Å². The Bertz CT molecular complexity index is 146. The van der Waals surface area contributed by atoms with Gasteiger partial charge in [-0.1, -0.05) is 13.8 Å². The fraction of sp³-hybridized carbons (Fsp3) is 0.875. The summed E-state index contributed by atoms with van der Waals surface area (Å²) in [6, 6.07) is 0.403. The van der Waals surface area contributed by atoms with Crippen molar-refractivity contribution in [2.75, 3.05) is 19.6 Å². The highest BCUT2D eigenvalue weighted by molar-refractivity contribution is 5.78. The molecule has 1 rings (SSSR count). The van der Waals surface area contributed by atoms with Crippen LogP contribution in [0.1, 0.15) is 21.7 Å². The van der Waals surface area contributed by atoms with Gasteiger partial charge in [-0.15, -0.1) is 0 Å². The van der Waals surface area contributed by atoms with E-state index >= 15 is 0 Å². The second-order valence-corrected chi connectivity index (χ2v) is 3.27. The minimum Gasteiger partial charge on any atom is -0.341 e. The molecule has 1 amide bonds. The lowest BCUT2D eigenvalue weighted by atomic mass is 10.2. The molecule has 11 heavy (non-hydrogen) atoms. The number of carbonyl (C=O) groups is 1. The molecule has 0 aromatic heterocycles. The Morgan fingerprint density at radius 1 is 1.64 bits per heavy atom. The largest absolute Gasteiger partial charge is 0.341 e. The van der Waals surface area contributed by atoms with Crippen LogP contribution < -0.4 is 5.32 Å². The van der Waals surface area contributed by atoms with Crippen LogP contribution in [0.25, 0.3) is 0 Å². The molecule has 1 aliphatic heterocycles. The van der Waals surface area contributed by atoms with E-state index in [9.17, 15) is 4.79 Å². The van der Waals surface area contributed by atoms with Crippen molar-refractivity contribution < 1.29 is 6.22 Å². The topological polar surface area (TPSA) is 32.3 Å². The van der Waals surface area contributed by atoms with E-state index in [0.717, 1.165) is 13.1 Å². The van der Waals surface area contributed by atoms with Gasteiger partial charge in [0.05, 0.1) is 6.54 Å². The molecule has 0 bridgehead atoms. The number of nitrogens with zero attached hydrogens (tertiary/aromatic N) is 1. The van der Waals surface area contributed by atoms with Gasteiger partial charge in [0.2, 0.25) is 5.91 Å². The fourth-order valence-electron chi connectivity index (χ4n) is 0.969. The summed E-state index contributed by atoms with van der Waals surface area (Å²) in [5.41, 5.74) is 0. The summed E-state index contributed by atoms with van der Waals surface area (Å²) in [6.45, 7) is 6.50. The van der Waals surface area contributed by atoms with E-state index in [1.807, 2.05) is 18.7 Å². The number of hydrogen-bond donors (Lipinski definition) is 1. The average Bonchev–Trinajstić information content (AvgIpc) is 1.79. The molecule has 3 heteroatoms. The van der Waals surface area contributed by atoms with Crippen molar-refractivity contribution in [3.63, 3.8) is 0 Å². The van der Waals surface area contributed by atoms with Crippen LogP contribution in [0.4, 0.5) is 0 Å². The third-order valence-corrected chi connectivity index (χ3v) is 1.87. The van der Waals surface area contributed by atoms with Crippen LogP contribution in [-0.4, -0.2) is 36.5 Å². The first-order valence-electron chi connectivity index (χ1n) is 4.21. The molecule has 1 heterocycles. The number of rotatable bonds is 3. The summed E-state index contributed by atoms with van der Waals surface area (Å²) in [6.07, 6.45) is 1.17. The van der Waals surface area contributed by atoms with Gasteiger partial charge in [0.1, 0.15) is 0 Å². The molecular weight excluding hydrogens is 140 g/mol. The third-order valence-electron chi connectivity index (χ3n) is 1.87. The molecule has 0 unspecified atom stereocenters. The van der Waals surface area contributed by atoms with Crippen molar-refractivity contribution in [1.29, 1.82) is 0 Å². The monoisotopic (exact) mass is 158 g/mol. The molecular formula is C8H18N2O. The van der Waals surface area contributed by atoms with Crippen LogP contribution in [0.2, 0.25) is 0 Å². The quantitative estimate of drug-likeness (QED) is 0.647. The predicted octanol–water partition coefficient (Wildman–Crippen LogP) is 0.463. The van der Waals surface area contributed by atoms with Crippen molar-refractivity contribution in [3.8, 4) is 0 Å². The van der Waals surface area contributed by atoms with Crippen molar-refractivity contribution in [2.45, 2.75) is 26.3 Å². The standard InChI is InChI=1S/C8H16N2O.H2/c1-7(2)9-6-8(11)10-4-3-5-10;/h7,9H,3-6H2,1-2H3;1H. The van der Waals surface area contributed by atoms with Gasteiger partial charge in [-0.25, -0.2) is 0 Å². The van der Waals surface area contributed by atoms with Crippen molar-refractivity contribution in [1.82, 2.24) is 10.2 Å². The second kappa shape index (κ2) is 3.72. The van der Waals surface area contributed by atoms with Crippen LogP contribution >= 0.6 is 0 Å². The Kier molecular flexibility index (Phi) is 2.88. The summed E-state index contributed by atoms with van der Waals surface area (Å²) in [5, 5.41) is 3.10. The maximum absolute atomic E-state index is 11.2. The highest BCUT2D eigenvalue weighted by Crippen LogP contribution is 2.04. The number of nitrogens with one attached hydrogen (secondary N) is 1. The van der Waals surface area contributed by atoms with Crippen molar-refractivity contribution in [3.05, 3.63) is 0 Å². The van der Waals surface area contributed by atoms with Crippen LogP contribution in [0.5, 0.6) is 0 Å². The molecule has 0 saturated carbocycles. The molecule has 0 aliphatic carbocycles. The summed E-state index contributed by atoms with van der Waals surface area (Å²) >= 11 is 0. The molecule has 1 N–H and O–H groups in total. The van der Waals surface area contributed by atoms with E-state index in [0.29, 0.717) is 12.6 Å². The predicted molar refractivity (Wildman–Crippen MR) is 46.4 cm³/mol. The summed E-state index contributed by atoms with van der Waals surface area (Å²) in [5.74, 6) is 0.241. The maximum atomic E-state index is 11.2. The van der Waals surface area contributed by atoms with Gasteiger partial charge in [-0.05, 0) is 6.42 Å². The van der Waals surface area contributed by atoms with Crippen LogP contribution in [0.15, 0.2) is 0 Å². The zero-order chi connectivity index (χ0) is 8.27. The normalized spacial score (nSPS) is 16.8. The van der Waals surface area contributed by atoms with E-state index in [-0.39, 0.29) is 7.33 Å². The summed E-state index contributed by atoms with van der Waals surface area (Å²) in [7, 11) is 0. The van der Waals surface area contributed by atoms with Gasteiger partial charge < -0.3 is 10.2 Å². The highest BCUT2D eigenvalue weighted by atomic mass is 16.2. The Hall–Kier alpha value is -0.570. The van der Waals surface area contributed by atoms with Gasteiger partial charge in [-0.2, -0.15) is 0 Å². The number of amides is 1. The van der Waals surface area contributed by atoms with Gasteiger partial charge in [0.15, 0.2) is 0 Å². The molecule has 1 saturated heterocycles. The zero-order valence-corrected chi connectivity index (χ0v) is 7.26. The number of hydrogen-bond acceptors (Lipinski definition) is 2. The van der Waals surface area contributed by atoms with E-state index in [2.05, 4.69) is 5.32 Å². The highest BCUT2D eigenvalue weighted by Gasteiger charge is 2.19. The Morgan fingerprint density at radius 2 is 2.27 bits per heavy atom. The minimum atomic E-state index is 0. The van der Waals surface area contributed by atoms with E-state index in [1.165, 1.54) is 6.42 Å². The number of likely N-dealkylation sites (tertiary alicyclic amines) is 1. The molecule has 0 atom stereocenters. The van der Waals surface area contributed by atoms with Gasteiger partial charge in [0, 0.05) is 20.6 Å². The molecule has 0 radical (unpaired) electrons. The summed E-state index contributed by atoms with van der Waals surface area (Å²) in [4.78, 5) is 13.1. The molecule has 1 fully saturated rings. The molecule has 66 valence electrons. The first kappa shape index (κ1) is 8.53. The molecule has 3 nitrogen and oxygen atoms in total. The van der Waals surface area contributed by atoms with Gasteiger partial charge in [0.25, 0.3) is 0 Å². The number of carbonyl (C=O) groups excluding carboxylic acids is 1. The van der Waals surface area contributed by atoms with Crippen LogP contribution in [0, 0.1) is 0 Å². The Balaban J connectivity index is 0.00000121. The SMILES string of the molecule is CC(C)NCC(=O)N1CCC1.[HH]. The summed E-state index contributed by atoms with van der Waals surface area (Å²) < 4.78 is 0. The van der Waals surface area contributed by atoms with Gasteiger partial charge in [-0.3, -0.25) is 4.79 Å². The van der Waals surface area contributed by atoms with E-state index in [1.54, 1.807) is 0 Å². The van der Waals surface area contributed by atoms with Gasteiger partial charge >= 0.3 is 0 Å². The maximum Gasteiger partial charge on any atom is 0.236 e. The fourth-order valence-corrected chi connectivity index (χ4v) is 0.969. The van der Waals surface area contributed by atoms with E-state index < -0.39 is 0 Å². The lowest BCUT2D eigenvalue weighted by Crippen LogP contribution is -2.47. The van der Waals surface area contributed by atoms with Crippen molar-refractivity contribution in [2.24, 2.45) is 0 Å². The molecule has 0 aromatic carbocycles. The van der Waals surface area contributed by atoms with Crippen molar-refractivity contribution >= 4 is 5.91 Å². The Morgan fingerprint density at radius 3 is 2.64 bits per heavy atom. The first-order valence-corrected chi connectivity index (χ1v) is 4.21.